The summed E-state index contributed by atoms with van der Waals surface area (Å²) in [6.07, 6.45) is 2.47. The van der Waals surface area contributed by atoms with Crippen LogP contribution in [0.15, 0.2) is 30.5 Å². The SMILES string of the molecule is CCCNC(=O)c1nn(CC)cc1NC(=O)c1sc2ccccc2c1Cl. The highest BCUT2D eigenvalue weighted by molar-refractivity contribution is 7.21. The Morgan fingerprint density at radius 1 is 1.23 bits per heavy atom. The van der Waals surface area contributed by atoms with E-state index in [1.54, 1.807) is 10.9 Å². The zero-order valence-corrected chi connectivity index (χ0v) is 16.1. The van der Waals surface area contributed by atoms with Crippen LogP contribution in [0.1, 0.15) is 40.4 Å². The summed E-state index contributed by atoms with van der Waals surface area (Å²) in [5.41, 5.74) is 0.574. The molecular weight excluding hydrogens is 372 g/mol. The first-order valence-electron chi connectivity index (χ1n) is 8.39. The first-order valence-corrected chi connectivity index (χ1v) is 9.58. The van der Waals surface area contributed by atoms with E-state index in [0.29, 0.717) is 28.7 Å². The molecule has 26 heavy (non-hydrogen) atoms. The minimum Gasteiger partial charge on any atom is -0.351 e. The zero-order chi connectivity index (χ0) is 18.7. The van der Waals surface area contributed by atoms with Gasteiger partial charge in [0, 0.05) is 29.4 Å². The van der Waals surface area contributed by atoms with Crippen LogP contribution in [0.2, 0.25) is 5.02 Å². The number of rotatable bonds is 6. The third kappa shape index (κ3) is 3.59. The first kappa shape index (κ1) is 18.4. The molecule has 8 heteroatoms. The fraction of sp³-hybridized carbons (Fsp3) is 0.278. The number of aromatic nitrogens is 2. The summed E-state index contributed by atoms with van der Waals surface area (Å²) in [4.78, 5) is 25.5. The van der Waals surface area contributed by atoms with Gasteiger partial charge in [0.25, 0.3) is 11.8 Å². The van der Waals surface area contributed by atoms with E-state index in [-0.39, 0.29) is 17.5 Å². The number of halogens is 1. The molecule has 0 aliphatic carbocycles. The number of amides is 2. The van der Waals surface area contributed by atoms with Crippen molar-refractivity contribution in [2.45, 2.75) is 26.8 Å². The molecule has 3 rings (SSSR count). The predicted octanol–water partition coefficient (Wildman–Crippen LogP) is 4.16. The molecule has 0 aliphatic rings. The minimum absolute atomic E-state index is 0.200. The summed E-state index contributed by atoms with van der Waals surface area (Å²) in [6, 6.07) is 7.58. The number of hydrogen-bond acceptors (Lipinski definition) is 4. The summed E-state index contributed by atoms with van der Waals surface area (Å²) in [6.45, 7) is 5.02. The molecule has 3 aromatic rings. The van der Waals surface area contributed by atoms with Crippen LogP contribution >= 0.6 is 22.9 Å². The Kier molecular flexibility index (Phi) is 5.58. The third-order valence-corrected chi connectivity index (χ3v) is 5.50. The molecule has 0 unspecified atom stereocenters. The number of carbonyl (C=O) groups is 2. The second kappa shape index (κ2) is 7.88. The lowest BCUT2D eigenvalue weighted by molar-refractivity contribution is 0.0948. The molecule has 0 radical (unpaired) electrons. The molecule has 0 spiro atoms. The van der Waals surface area contributed by atoms with E-state index < -0.39 is 0 Å². The second-order valence-electron chi connectivity index (χ2n) is 5.70. The molecule has 0 aliphatic heterocycles. The normalized spacial score (nSPS) is 10.9. The Hall–Kier alpha value is -2.38. The molecule has 0 atom stereocenters. The molecule has 0 saturated heterocycles. The number of nitrogens with one attached hydrogen (secondary N) is 2. The number of hydrogen-bond donors (Lipinski definition) is 2. The van der Waals surface area contributed by atoms with Gasteiger partial charge in [-0.25, -0.2) is 0 Å². The first-order chi connectivity index (χ1) is 12.5. The van der Waals surface area contributed by atoms with Gasteiger partial charge in [-0.2, -0.15) is 5.10 Å². The maximum Gasteiger partial charge on any atom is 0.273 e. The van der Waals surface area contributed by atoms with Crippen molar-refractivity contribution < 1.29 is 9.59 Å². The van der Waals surface area contributed by atoms with Gasteiger partial charge in [-0.3, -0.25) is 14.3 Å². The van der Waals surface area contributed by atoms with Crippen molar-refractivity contribution in [2.75, 3.05) is 11.9 Å². The van der Waals surface area contributed by atoms with Gasteiger partial charge in [0.15, 0.2) is 5.69 Å². The molecule has 136 valence electrons. The van der Waals surface area contributed by atoms with Gasteiger partial charge in [0.2, 0.25) is 0 Å². The lowest BCUT2D eigenvalue weighted by Crippen LogP contribution is -2.26. The van der Waals surface area contributed by atoms with Crippen molar-refractivity contribution in [3.8, 4) is 0 Å². The highest BCUT2D eigenvalue weighted by Crippen LogP contribution is 2.35. The van der Waals surface area contributed by atoms with E-state index in [2.05, 4.69) is 15.7 Å². The molecule has 2 N–H and O–H groups in total. The van der Waals surface area contributed by atoms with Crippen LogP contribution in [-0.2, 0) is 6.54 Å². The fourth-order valence-electron chi connectivity index (χ4n) is 2.50. The molecule has 1 aromatic carbocycles. The molecule has 6 nitrogen and oxygen atoms in total. The molecular formula is C18H19ClN4O2S. The van der Waals surface area contributed by atoms with Gasteiger partial charge in [-0.1, -0.05) is 36.7 Å². The zero-order valence-electron chi connectivity index (χ0n) is 14.5. The van der Waals surface area contributed by atoms with Crippen molar-refractivity contribution in [1.29, 1.82) is 0 Å². The predicted molar refractivity (Wildman–Crippen MR) is 105 cm³/mol. The third-order valence-electron chi connectivity index (χ3n) is 3.83. The minimum atomic E-state index is -0.351. The van der Waals surface area contributed by atoms with E-state index in [1.165, 1.54) is 11.3 Å². The Labute approximate surface area is 160 Å². The average molecular weight is 391 g/mol. The van der Waals surface area contributed by atoms with Crippen LogP contribution in [-0.4, -0.2) is 28.1 Å². The molecule has 2 heterocycles. The molecule has 2 amide bonds. The van der Waals surface area contributed by atoms with Crippen molar-refractivity contribution in [1.82, 2.24) is 15.1 Å². The van der Waals surface area contributed by atoms with Gasteiger partial charge >= 0.3 is 0 Å². The summed E-state index contributed by atoms with van der Waals surface area (Å²) < 4.78 is 2.55. The quantitative estimate of drug-likeness (QED) is 0.663. The summed E-state index contributed by atoms with van der Waals surface area (Å²) in [5, 5.41) is 11.1. The molecule has 0 bridgehead atoms. The fourth-order valence-corrected chi connectivity index (χ4v) is 3.92. The van der Waals surface area contributed by atoms with Crippen LogP contribution in [0.4, 0.5) is 5.69 Å². The van der Waals surface area contributed by atoms with E-state index in [1.807, 2.05) is 38.1 Å². The monoisotopic (exact) mass is 390 g/mol. The number of anilines is 1. The summed E-state index contributed by atoms with van der Waals surface area (Å²) in [5.74, 6) is -0.659. The summed E-state index contributed by atoms with van der Waals surface area (Å²) in [7, 11) is 0. The number of aryl methyl sites for hydroxylation is 1. The van der Waals surface area contributed by atoms with E-state index >= 15 is 0 Å². The highest BCUT2D eigenvalue weighted by Gasteiger charge is 2.22. The number of fused-ring (bicyclic) bond motifs is 1. The van der Waals surface area contributed by atoms with Gasteiger partial charge < -0.3 is 10.6 Å². The Morgan fingerprint density at radius 3 is 2.69 bits per heavy atom. The maximum atomic E-state index is 12.7. The lowest BCUT2D eigenvalue weighted by atomic mass is 10.2. The maximum absolute atomic E-state index is 12.7. The number of nitrogens with zero attached hydrogens (tertiary/aromatic N) is 2. The lowest BCUT2D eigenvalue weighted by Gasteiger charge is -2.05. The Bertz CT molecular complexity index is 963. The van der Waals surface area contributed by atoms with Crippen LogP contribution < -0.4 is 10.6 Å². The van der Waals surface area contributed by atoms with E-state index in [4.69, 9.17) is 11.6 Å². The van der Waals surface area contributed by atoms with Gasteiger partial charge in [0.1, 0.15) is 4.88 Å². The Morgan fingerprint density at radius 2 is 2.00 bits per heavy atom. The standard InChI is InChI=1S/C18H19ClN4O2S/c1-3-9-20-17(24)15-12(10-23(4-2)22-15)21-18(25)16-14(19)11-7-5-6-8-13(11)26-16/h5-8,10H,3-4,9H2,1-2H3,(H,20,24)(H,21,25). The number of benzene rings is 1. The smallest absolute Gasteiger partial charge is 0.273 e. The van der Waals surface area contributed by atoms with Crippen molar-refractivity contribution >= 4 is 50.5 Å². The largest absolute Gasteiger partial charge is 0.351 e. The van der Waals surface area contributed by atoms with Gasteiger partial charge in [-0.05, 0) is 19.4 Å². The highest BCUT2D eigenvalue weighted by atomic mass is 35.5. The van der Waals surface area contributed by atoms with E-state index in [0.717, 1.165) is 16.5 Å². The average Bonchev–Trinajstić information content (AvgIpc) is 3.21. The summed E-state index contributed by atoms with van der Waals surface area (Å²) >= 11 is 7.69. The van der Waals surface area contributed by atoms with Crippen LogP contribution in [0, 0.1) is 0 Å². The second-order valence-corrected chi connectivity index (χ2v) is 7.13. The van der Waals surface area contributed by atoms with Crippen molar-refractivity contribution in [3.63, 3.8) is 0 Å². The molecule has 0 saturated carbocycles. The van der Waals surface area contributed by atoms with Crippen LogP contribution in [0.25, 0.3) is 10.1 Å². The van der Waals surface area contributed by atoms with E-state index in [9.17, 15) is 9.59 Å². The van der Waals surface area contributed by atoms with Gasteiger partial charge in [-0.15, -0.1) is 11.3 Å². The topological polar surface area (TPSA) is 76.0 Å². The molecule has 2 aromatic heterocycles. The van der Waals surface area contributed by atoms with Crippen LogP contribution in [0.5, 0.6) is 0 Å². The Balaban J connectivity index is 1.89. The van der Waals surface area contributed by atoms with Crippen LogP contribution in [0.3, 0.4) is 0 Å². The number of carbonyl (C=O) groups excluding carboxylic acids is 2. The van der Waals surface area contributed by atoms with Crippen molar-refractivity contribution in [2.24, 2.45) is 0 Å². The van der Waals surface area contributed by atoms with Gasteiger partial charge in [0.05, 0.1) is 10.7 Å². The number of thiophene rings is 1. The van der Waals surface area contributed by atoms with Crippen molar-refractivity contribution in [3.05, 3.63) is 46.1 Å². The molecule has 0 fully saturated rings.